The number of aromatic nitrogens is 1. The monoisotopic (exact) mass is 228 g/mol. The molecule has 0 spiro atoms. The molecule has 1 aromatic heterocycles. The summed E-state index contributed by atoms with van der Waals surface area (Å²) in [5.41, 5.74) is 7.22. The van der Waals surface area contributed by atoms with E-state index in [2.05, 4.69) is 20.9 Å². The van der Waals surface area contributed by atoms with Gasteiger partial charge in [-0.1, -0.05) is 6.08 Å². The molecule has 0 aliphatic heterocycles. The highest BCUT2D eigenvalue weighted by Gasteiger charge is 2.19. The summed E-state index contributed by atoms with van der Waals surface area (Å²) in [6.45, 7) is 0. The van der Waals surface area contributed by atoms with E-state index in [9.17, 15) is 4.39 Å². The maximum Gasteiger partial charge on any atom is 0.150 e. The van der Waals surface area contributed by atoms with E-state index in [0.717, 1.165) is 0 Å². The van der Waals surface area contributed by atoms with Crippen molar-refractivity contribution in [3.63, 3.8) is 0 Å². The third kappa shape index (κ3) is 0.948. The van der Waals surface area contributed by atoms with Crippen LogP contribution in [0.4, 0.5) is 4.39 Å². The SMILES string of the molecule is NC1=CCc2ncc(Br)c(F)c21. The summed E-state index contributed by atoms with van der Waals surface area (Å²) in [4.78, 5) is 4.05. The number of pyridine rings is 1. The summed E-state index contributed by atoms with van der Waals surface area (Å²) >= 11 is 3.06. The molecule has 4 heteroatoms. The molecule has 1 aliphatic rings. The Kier molecular flexibility index (Phi) is 1.65. The molecule has 0 saturated heterocycles. The Morgan fingerprint density at radius 3 is 3.08 bits per heavy atom. The minimum atomic E-state index is -0.314. The normalized spacial score (nSPS) is 14.3. The Bertz CT molecular complexity index is 374. The van der Waals surface area contributed by atoms with Crippen LogP contribution in [0.15, 0.2) is 16.7 Å². The standard InChI is InChI=1S/C8H6BrFN2/c9-4-3-12-6-2-1-5(11)7(6)8(4)10/h1,3H,2,11H2. The second-order valence-electron chi connectivity index (χ2n) is 2.61. The summed E-state index contributed by atoms with van der Waals surface area (Å²) < 4.78 is 13.7. The highest BCUT2D eigenvalue weighted by Crippen LogP contribution is 2.28. The fourth-order valence-electron chi connectivity index (χ4n) is 1.26. The molecule has 1 aromatic rings. The largest absolute Gasteiger partial charge is 0.398 e. The molecule has 0 radical (unpaired) electrons. The Balaban J connectivity index is 2.70. The number of nitrogens with zero attached hydrogens (tertiary/aromatic N) is 1. The van der Waals surface area contributed by atoms with E-state index >= 15 is 0 Å². The molecule has 0 bridgehead atoms. The van der Waals surface area contributed by atoms with Gasteiger partial charge in [0.1, 0.15) is 5.82 Å². The molecule has 1 aliphatic carbocycles. The van der Waals surface area contributed by atoms with Crippen LogP contribution in [0.25, 0.3) is 5.70 Å². The van der Waals surface area contributed by atoms with Gasteiger partial charge in [-0.3, -0.25) is 4.98 Å². The highest BCUT2D eigenvalue weighted by atomic mass is 79.9. The first-order valence-electron chi connectivity index (χ1n) is 3.49. The van der Waals surface area contributed by atoms with Gasteiger partial charge in [-0.05, 0) is 15.9 Å². The van der Waals surface area contributed by atoms with Crippen molar-refractivity contribution in [3.05, 3.63) is 33.8 Å². The first-order valence-corrected chi connectivity index (χ1v) is 4.28. The highest BCUT2D eigenvalue weighted by molar-refractivity contribution is 9.10. The van der Waals surface area contributed by atoms with Gasteiger partial charge in [-0.2, -0.15) is 0 Å². The van der Waals surface area contributed by atoms with Crippen molar-refractivity contribution in [2.75, 3.05) is 0 Å². The average molecular weight is 229 g/mol. The number of rotatable bonds is 0. The van der Waals surface area contributed by atoms with Gasteiger partial charge in [0.05, 0.1) is 15.7 Å². The van der Waals surface area contributed by atoms with E-state index in [1.54, 1.807) is 6.08 Å². The topological polar surface area (TPSA) is 38.9 Å². The van der Waals surface area contributed by atoms with Crippen LogP contribution in [0.1, 0.15) is 11.3 Å². The van der Waals surface area contributed by atoms with Crippen molar-refractivity contribution in [2.45, 2.75) is 6.42 Å². The van der Waals surface area contributed by atoms with Crippen molar-refractivity contribution >= 4 is 21.6 Å². The van der Waals surface area contributed by atoms with Crippen molar-refractivity contribution in [3.8, 4) is 0 Å². The molecule has 2 nitrogen and oxygen atoms in total. The van der Waals surface area contributed by atoms with Crippen LogP contribution in [-0.2, 0) is 6.42 Å². The minimum Gasteiger partial charge on any atom is -0.398 e. The van der Waals surface area contributed by atoms with Gasteiger partial charge in [0.15, 0.2) is 0 Å². The van der Waals surface area contributed by atoms with Crippen LogP contribution in [0.5, 0.6) is 0 Å². The molecule has 1 heterocycles. The Morgan fingerprint density at radius 1 is 1.58 bits per heavy atom. The summed E-state index contributed by atoms with van der Waals surface area (Å²) in [5, 5.41) is 0. The van der Waals surface area contributed by atoms with Crippen molar-refractivity contribution in [1.82, 2.24) is 4.98 Å². The van der Waals surface area contributed by atoms with Crippen LogP contribution in [0, 0.1) is 5.82 Å². The number of allylic oxidation sites excluding steroid dienone is 1. The lowest BCUT2D eigenvalue weighted by Gasteiger charge is -2.02. The van der Waals surface area contributed by atoms with Crippen LogP contribution in [0.2, 0.25) is 0 Å². The fraction of sp³-hybridized carbons (Fsp3) is 0.125. The first kappa shape index (κ1) is 7.73. The molecule has 0 aromatic carbocycles. The molecule has 0 amide bonds. The third-order valence-corrected chi connectivity index (χ3v) is 2.41. The van der Waals surface area contributed by atoms with E-state index < -0.39 is 0 Å². The zero-order valence-electron chi connectivity index (χ0n) is 6.14. The predicted octanol–water partition coefficient (Wildman–Crippen LogP) is 1.84. The van der Waals surface area contributed by atoms with Gasteiger partial charge in [0.2, 0.25) is 0 Å². The minimum absolute atomic E-state index is 0.314. The zero-order chi connectivity index (χ0) is 8.72. The van der Waals surface area contributed by atoms with E-state index in [0.29, 0.717) is 27.8 Å². The maximum absolute atomic E-state index is 13.3. The Morgan fingerprint density at radius 2 is 2.33 bits per heavy atom. The van der Waals surface area contributed by atoms with Gasteiger partial charge in [0, 0.05) is 18.3 Å². The molecular weight excluding hydrogens is 223 g/mol. The van der Waals surface area contributed by atoms with E-state index in [1.807, 2.05) is 0 Å². The second kappa shape index (κ2) is 2.55. The number of fused-ring (bicyclic) bond motifs is 1. The number of nitrogens with two attached hydrogens (primary N) is 1. The number of hydrogen-bond donors (Lipinski definition) is 1. The molecule has 0 atom stereocenters. The lowest BCUT2D eigenvalue weighted by Crippen LogP contribution is -2.00. The summed E-state index contributed by atoms with van der Waals surface area (Å²) in [5.74, 6) is -0.314. The third-order valence-electron chi connectivity index (χ3n) is 1.86. The summed E-state index contributed by atoms with van der Waals surface area (Å²) in [6, 6.07) is 0. The Labute approximate surface area is 77.4 Å². The van der Waals surface area contributed by atoms with E-state index in [1.165, 1.54) is 6.20 Å². The van der Waals surface area contributed by atoms with Gasteiger partial charge in [-0.25, -0.2) is 4.39 Å². The fourth-order valence-corrected chi connectivity index (χ4v) is 1.56. The number of hydrogen-bond acceptors (Lipinski definition) is 2. The molecule has 2 rings (SSSR count). The predicted molar refractivity (Wildman–Crippen MR) is 47.8 cm³/mol. The second-order valence-corrected chi connectivity index (χ2v) is 3.46. The van der Waals surface area contributed by atoms with Crippen LogP contribution >= 0.6 is 15.9 Å². The van der Waals surface area contributed by atoms with Crippen molar-refractivity contribution < 1.29 is 4.39 Å². The molecule has 0 saturated carbocycles. The van der Waals surface area contributed by atoms with Crippen molar-refractivity contribution in [2.24, 2.45) is 5.73 Å². The first-order chi connectivity index (χ1) is 5.70. The molecule has 62 valence electrons. The van der Waals surface area contributed by atoms with Crippen LogP contribution in [-0.4, -0.2) is 4.98 Å². The van der Waals surface area contributed by atoms with Gasteiger partial charge in [0.25, 0.3) is 0 Å². The average Bonchev–Trinajstić information content (AvgIpc) is 2.41. The quantitative estimate of drug-likeness (QED) is 0.737. The van der Waals surface area contributed by atoms with Gasteiger partial charge < -0.3 is 5.73 Å². The molecule has 0 unspecified atom stereocenters. The Hall–Kier alpha value is -0.900. The smallest absolute Gasteiger partial charge is 0.150 e. The van der Waals surface area contributed by atoms with Gasteiger partial charge >= 0.3 is 0 Å². The molecule has 2 N–H and O–H groups in total. The van der Waals surface area contributed by atoms with Crippen LogP contribution < -0.4 is 5.73 Å². The number of halogens is 2. The maximum atomic E-state index is 13.3. The summed E-state index contributed by atoms with van der Waals surface area (Å²) in [6.07, 6.45) is 3.86. The van der Waals surface area contributed by atoms with Crippen molar-refractivity contribution in [1.29, 1.82) is 0 Å². The molecular formula is C8H6BrFN2. The van der Waals surface area contributed by atoms with Gasteiger partial charge in [-0.15, -0.1) is 0 Å². The molecule has 0 fully saturated rings. The molecule has 12 heavy (non-hydrogen) atoms. The van der Waals surface area contributed by atoms with E-state index in [-0.39, 0.29) is 5.82 Å². The summed E-state index contributed by atoms with van der Waals surface area (Å²) in [7, 11) is 0. The lowest BCUT2D eigenvalue weighted by molar-refractivity contribution is 0.612. The van der Waals surface area contributed by atoms with E-state index in [4.69, 9.17) is 5.73 Å². The zero-order valence-corrected chi connectivity index (χ0v) is 7.73. The van der Waals surface area contributed by atoms with Crippen LogP contribution in [0.3, 0.4) is 0 Å². The lowest BCUT2D eigenvalue weighted by atomic mass is 10.2.